The van der Waals surface area contributed by atoms with Gasteiger partial charge < -0.3 is 0 Å². The number of nitriles is 1. The molecule has 0 aliphatic rings. The monoisotopic (exact) mass is 235 g/mol. The quantitative estimate of drug-likeness (QED) is 0.678. The zero-order valence-corrected chi connectivity index (χ0v) is 9.48. The molecule has 5 nitrogen and oxygen atoms in total. The van der Waals surface area contributed by atoms with E-state index in [-0.39, 0.29) is 5.82 Å². The maximum Gasteiger partial charge on any atom is 0.252 e. The van der Waals surface area contributed by atoms with Gasteiger partial charge in [-0.25, -0.2) is 9.67 Å². The highest BCUT2D eigenvalue weighted by Gasteiger charge is 2.02. The van der Waals surface area contributed by atoms with Crippen molar-refractivity contribution in [3.63, 3.8) is 0 Å². The number of benzene rings is 1. The van der Waals surface area contributed by atoms with Crippen LogP contribution in [0.2, 0.25) is 0 Å². The Labute approximate surface area is 103 Å². The number of aromatic nitrogens is 4. The van der Waals surface area contributed by atoms with Crippen molar-refractivity contribution in [3.8, 4) is 6.07 Å². The Bertz CT molecular complexity index is 738. The Morgan fingerprint density at radius 3 is 2.89 bits per heavy atom. The van der Waals surface area contributed by atoms with Gasteiger partial charge >= 0.3 is 0 Å². The number of nitrogens with zero attached hydrogens (tertiary/aromatic N) is 5. The minimum atomic E-state index is 0.177. The molecule has 18 heavy (non-hydrogen) atoms. The number of hydrogen-bond donors (Lipinski definition) is 0. The number of pyridine rings is 1. The molecule has 0 N–H and O–H groups in total. The van der Waals surface area contributed by atoms with Crippen LogP contribution in [0.25, 0.3) is 10.9 Å². The molecular weight excluding hydrogens is 226 g/mol. The molecule has 3 aromatic rings. The van der Waals surface area contributed by atoms with Gasteiger partial charge in [0.2, 0.25) is 0 Å². The maximum atomic E-state index is 8.65. The zero-order chi connectivity index (χ0) is 12.4. The van der Waals surface area contributed by atoms with Crippen LogP contribution in [0.15, 0.2) is 42.7 Å². The highest BCUT2D eigenvalue weighted by Crippen LogP contribution is 2.12. The SMILES string of the molecule is N#Cc1ncn(Cc2ccc3ccccc3n2)n1. The number of fused-ring (bicyclic) bond motifs is 1. The van der Waals surface area contributed by atoms with Gasteiger partial charge in [0, 0.05) is 5.39 Å². The fourth-order valence-electron chi connectivity index (χ4n) is 1.78. The summed E-state index contributed by atoms with van der Waals surface area (Å²) in [5, 5.41) is 13.8. The molecule has 0 amide bonds. The first kappa shape index (κ1) is 10.4. The van der Waals surface area contributed by atoms with Crippen LogP contribution in [-0.4, -0.2) is 19.7 Å². The van der Waals surface area contributed by atoms with Gasteiger partial charge in [-0.15, -0.1) is 5.10 Å². The van der Waals surface area contributed by atoms with Gasteiger partial charge in [0.05, 0.1) is 17.8 Å². The van der Waals surface area contributed by atoms with Crippen LogP contribution >= 0.6 is 0 Å². The van der Waals surface area contributed by atoms with Crippen LogP contribution in [0.5, 0.6) is 0 Å². The lowest BCUT2D eigenvalue weighted by molar-refractivity contribution is 0.670. The third kappa shape index (κ3) is 1.92. The Balaban J connectivity index is 1.93. The Morgan fingerprint density at radius 2 is 2.06 bits per heavy atom. The number of para-hydroxylation sites is 1. The molecule has 2 aromatic heterocycles. The molecule has 3 rings (SSSR count). The van der Waals surface area contributed by atoms with E-state index in [2.05, 4.69) is 15.1 Å². The van der Waals surface area contributed by atoms with Crippen molar-refractivity contribution < 1.29 is 0 Å². The largest absolute Gasteiger partial charge is 0.252 e. The summed E-state index contributed by atoms with van der Waals surface area (Å²) in [7, 11) is 0. The molecule has 0 radical (unpaired) electrons. The van der Waals surface area contributed by atoms with Gasteiger partial charge in [0.15, 0.2) is 0 Å². The van der Waals surface area contributed by atoms with Gasteiger partial charge in [-0.1, -0.05) is 24.3 Å². The smallest absolute Gasteiger partial charge is 0.251 e. The van der Waals surface area contributed by atoms with Crippen molar-refractivity contribution in [2.24, 2.45) is 0 Å². The van der Waals surface area contributed by atoms with Crippen LogP contribution in [0.3, 0.4) is 0 Å². The molecule has 0 spiro atoms. The fourth-order valence-corrected chi connectivity index (χ4v) is 1.78. The minimum Gasteiger partial charge on any atom is -0.251 e. The van der Waals surface area contributed by atoms with Crippen LogP contribution in [0, 0.1) is 11.3 Å². The molecule has 0 bridgehead atoms. The number of rotatable bonds is 2. The molecular formula is C13H9N5. The number of hydrogen-bond acceptors (Lipinski definition) is 4. The molecule has 86 valence electrons. The van der Waals surface area contributed by atoms with Crippen molar-refractivity contribution in [1.82, 2.24) is 19.7 Å². The predicted molar refractivity (Wildman–Crippen MR) is 65.6 cm³/mol. The van der Waals surface area contributed by atoms with Crippen LogP contribution in [0.1, 0.15) is 11.5 Å². The third-order valence-corrected chi connectivity index (χ3v) is 2.62. The lowest BCUT2D eigenvalue weighted by atomic mass is 10.2. The first-order valence-corrected chi connectivity index (χ1v) is 5.49. The summed E-state index contributed by atoms with van der Waals surface area (Å²) in [6.45, 7) is 0.513. The second-order valence-corrected chi connectivity index (χ2v) is 3.87. The first-order chi connectivity index (χ1) is 8.85. The average molecular weight is 235 g/mol. The maximum absolute atomic E-state index is 8.65. The van der Waals surface area contributed by atoms with E-state index in [1.165, 1.54) is 6.33 Å². The van der Waals surface area contributed by atoms with E-state index >= 15 is 0 Å². The van der Waals surface area contributed by atoms with E-state index in [1.807, 2.05) is 42.5 Å². The van der Waals surface area contributed by atoms with Crippen LogP contribution in [0.4, 0.5) is 0 Å². The van der Waals surface area contributed by atoms with E-state index in [0.717, 1.165) is 16.6 Å². The van der Waals surface area contributed by atoms with Crippen molar-refractivity contribution in [3.05, 3.63) is 54.2 Å². The molecule has 1 aromatic carbocycles. The van der Waals surface area contributed by atoms with Crippen molar-refractivity contribution >= 4 is 10.9 Å². The summed E-state index contributed by atoms with van der Waals surface area (Å²) in [5.41, 5.74) is 1.85. The average Bonchev–Trinajstić information content (AvgIpc) is 2.86. The van der Waals surface area contributed by atoms with Crippen molar-refractivity contribution in [1.29, 1.82) is 5.26 Å². The molecule has 2 heterocycles. The zero-order valence-electron chi connectivity index (χ0n) is 9.48. The van der Waals surface area contributed by atoms with Crippen LogP contribution < -0.4 is 0 Å². The van der Waals surface area contributed by atoms with Crippen LogP contribution in [-0.2, 0) is 6.54 Å². The van der Waals surface area contributed by atoms with Gasteiger partial charge in [-0.05, 0) is 12.1 Å². The second-order valence-electron chi connectivity index (χ2n) is 3.87. The van der Waals surface area contributed by atoms with E-state index in [9.17, 15) is 0 Å². The molecule has 0 aliphatic heterocycles. The van der Waals surface area contributed by atoms with Gasteiger partial charge in [0.25, 0.3) is 5.82 Å². The summed E-state index contributed by atoms with van der Waals surface area (Å²) in [6, 6.07) is 13.8. The summed E-state index contributed by atoms with van der Waals surface area (Å²) >= 11 is 0. The first-order valence-electron chi connectivity index (χ1n) is 5.49. The van der Waals surface area contributed by atoms with E-state index in [4.69, 9.17) is 5.26 Å². The summed E-state index contributed by atoms with van der Waals surface area (Å²) in [6.07, 6.45) is 1.54. The Morgan fingerprint density at radius 1 is 1.17 bits per heavy atom. The highest BCUT2D eigenvalue weighted by molar-refractivity contribution is 5.78. The molecule has 0 saturated heterocycles. The summed E-state index contributed by atoms with van der Waals surface area (Å²) < 4.78 is 1.61. The lowest BCUT2D eigenvalue weighted by Crippen LogP contribution is -2.02. The minimum absolute atomic E-state index is 0.177. The highest BCUT2D eigenvalue weighted by atomic mass is 15.3. The molecule has 0 atom stereocenters. The Kier molecular flexibility index (Phi) is 2.47. The van der Waals surface area contributed by atoms with E-state index in [0.29, 0.717) is 6.54 Å². The Hall–Kier alpha value is -2.74. The topological polar surface area (TPSA) is 67.4 Å². The van der Waals surface area contributed by atoms with Gasteiger partial charge in [0.1, 0.15) is 12.4 Å². The molecule has 0 unspecified atom stereocenters. The van der Waals surface area contributed by atoms with Crippen molar-refractivity contribution in [2.75, 3.05) is 0 Å². The molecule has 5 heteroatoms. The lowest BCUT2D eigenvalue weighted by Gasteiger charge is -2.02. The molecule has 0 saturated carbocycles. The normalized spacial score (nSPS) is 10.4. The third-order valence-electron chi connectivity index (χ3n) is 2.62. The summed E-state index contributed by atoms with van der Waals surface area (Å²) in [4.78, 5) is 8.39. The van der Waals surface area contributed by atoms with Gasteiger partial charge in [-0.2, -0.15) is 5.26 Å². The second kappa shape index (κ2) is 4.26. The van der Waals surface area contributed by atoms with E-state index < -0.39 is 0 Å². The standard InChI is InChI=1S/C13H9N5/c14-7-13-15-9-18(17-13)8-11-6-5-10-3-1-2-4-12(10)16-11/h1-6,9H,8H2. The molecule has 0 aliphatic carbocycles. The predicted octanol–water partition coefficient (Wildman–Crippen LogP) is 1.75. The van der Waals surface area contributed by atoms with Crippen molar-refractivity contribution in [2.45, 2.75) is 6.54 Å². The molecule has 0 fully saturated rings. The fraction of sp³-hybridized carbons (Fsp3) is 0.0769. The van der Waals surface area contributed by atoms with Gasteiger partial charge in [-0.3, -0.25) is 4.98 Å². The van der Waals surface area contributed by atoms with E-state index in [1.54, 1.807) is 4.68 Å². The summed E-state index contributed by atoms with van der Waals surface area (Å²) in [5.74, 6) is 0.177.